The molecule has 0 saturated carbocycles. The van der Waals surface area contributed by atoms with Crippen LogP contribution in [0.1, 0.15) is 30.6 Å². The molecule has 0 radical (unpaired) electrons. The molecule has 0 aliphatic heterocycles. The van der Waals surface area contributed by atoms with E-state index in [1.165, 1.54) is 19.2 Å². The lowest BCUT2D eigenvalue weighted by Gasteiger charge is -2.21. The van der Waals surface area contributed by atoms with Gasteiger partial charge in [0, 0.05) is 19.1 Å². The van der Waals surface area contributed by atoms with E-state index < -0.39 is 11.4 Å². The van der Waals surface area contributed by atoms with E-state index in [1.807, 2.05) is 0 Å². The number of ether oxygens (including phenoxy) is 1. The predicted octanol–water partition coefficient (Wildman–Crippen LogP) is 3.48. The third-order valence-corrected chi connectivity index (χ3v) is 2.70. The van der Waals surface area contributed by atoms with E-state index >= 15 is 0 Å². The van der Waals surface area contributed by atoms with Crippen LogP contribution in [0.5, 0.6) is 0 Å². The average molecular weight is 245 g/mol. The van der Waals surface area contributed by atoms with Gasteiger partial charge >= 0.3 is 0 Å². The highest BCUT2D eigenvalue weighted by Crippen LogP contribution is 2.22. The van der Waals surface area contributed by atoms with Gasteiger partial charge in [0.25, 0.3) is 0 Å². The highest BCUT2D eigenvalue weighted by atomic mass is 35.5. The Hall–Kier alpha value is -0.930. The summed E-state index contributed by atoms with van der Waals surface area (Å²) in [5.41, 5.74) is -0.376. The van der Waals surface area contributed by atoms with Crippen LogP contribution in [0, 0.1) is 5.82 Å². The Morgan fingerprint density at radius 3 is 2.69 bits per heavy atom. The standard InChI is InChI=1S/C12H14ClFO2/c1-12(2,16-3)7-11(15)9-6-8(14)4-5-10(9)13/h4-6H,7H2,1-3H3. The van der Waals surface area contributed by atoms with Crippen molar-refractivity contribution in [3.63, 3.8) is 0 Å². The highest BCUT2D eigenvalue weighted by molar-refractivity contribution is 6.34. The smallest absolute Gasteiger partial charge is 0.167 e. The number of halogens is 2. The van der Waals surface area contributed by atoms with Crippen LogP contribution in [-0.2, 0) is 4.74 Å². The molecule has 0 aliphatic carbocycles. The van der Waals surface area contributed by atoms with Gasteiger partial charge in [0.2, 0.25) is 0 Å². The molecule has 88 valence electrons. The molecule has 0 aliphatic rings. The van der Waals surface area contributed by atoms with Crippen LogP contribution in [0.15, 0.2) is 18.2 Å². The van der Waals surface area contributed by atoms with Crippen molar-refractivity contribution in [1.82, 2.24) is 0 Å². The quantitative estimate of drug-likeness (QED) is 0.758. The molecule has 0 atom stereocenters. The first kappa shape index (κ1) is 13.1. The Kier molecular flexibility index (Phi) is 4.05. The molecule has 16 heavy (non-hydrogen) atoms. The number of rotatable bonds is 4. The molecule has 0 fully saturated rings. The number of benzene rings is 1. The summed E-state index contributed by atoms with van der Waals surface area (Å²) >= 11 is 5.83. The number of carbonyl (C=O) groups excluding carboxylic acids is 1. The van der Waals surface area contributed by atoms with Crippen molar-refractivity contribution in [2.45, 2.75) is 25.9 Å². The minimum absolute atomic E-state index is 0.159. The van der Waals surface area contributed by atoms with Crippen molar-refractivity contribution < 1.29 is 13.9 Å². The van der Waals surface area contributed by atoms with Gasteiger partial charge in [-0.3, -0.25) is 4.79 Å². The summed E-state index contributed by atoms with van der Waals surface area (Å²) in [6.07, 6.45) is 0.159. The van der Waals surface area contributed by atoms with Crippen LogP contribution in [0.2, 0.25) is 5.02 Å². The molecule has 1 aromatic rings. The second-order valence-electron chi connectivity index (χ2n) is 4.19. The largest absolute Gasteiger partial charge is 0.378 e. The number of methoxy groups -OCH3 is 1. The molecule has 4 heteroatoms. The molecule has 0 heterocycles. The summed E-state index contributed by atoms with van der Waals surface area (Å²) in [6, 6.07) is 3.75. The Bertz CT molecular complexity index is 402. The van der Waals surface area contributed by atoms with E-state index in [4.69, 9.17) is 16.3 Å². The fourth-order valence-electron chi connectivity index (χ4n) is 1.27. The topological polar surface area (TPSA) is 26.3 Å². The van der Waals surface area contributed by atoms with Crippen molar-refractivity contribution in [2.75, 3.05) is 7.11 Å². The first-order valence-corrected chi connectivity index (χ1v) is 5.27. The van der Waals surface area contributed by atoms with Crippen LogP contribution in [0.3, 0.4) is 0 Å². The third kappa shape index (κ3) is 3.29. The molecule has 0 bridgehead atoms. The van der Waals surface area contributed by atoms with Crippen molar-refractivity contribution in [3.05, 3.63) is 34.6 Å². The van der Waals surface area contributed by atoms with Crippen molar-refractivity contribution in [3.8, 4) is 0 Å². The van der Waals surface area contributed by atoms with Gasteiger partial charge in [0.05, 0.1) is 10.6 Å². The summed E-state index contributed by atoms with van der Waals surface area (Å²) in [5.74, 6) is -0.695. The number of carbonyl (C=O) groups is 1. The van der Waals surface area contributed by atoms with E-state index in [0.717, 1.165) is 6.07 Å². The molecular weight excluding hydrogens is 231 g/mol. The number of ketones is 1. The zero-order valence-corrected chi connectivity index (χ0v) is 10.3. The molecule has 0 N–H and O–H groups in total. The first-order valence-electron chi connectivity index (χ1n) is 4.89. The Balaban J connectivity index is 2.93. The lowest BCUT2D eigenvalue weighted by atomic mass is 9.97. The predicted molar refractivity (Wildman–Crippen MR) is 61.4 cm³/mol. The minimum atomic E-state index is -0.577. The SMILES string of the molecule is COC(C)(C)CC(=O)c1cc(F)ccc1Cl. The highest BCUT2D eigenvalue weighted by Gasteiger charge is 2.23. The number of Topliss-reactive ketones (excluding diaryl/α,β-unsaturated/α-hetero) is 1. The van der Waals surface area contributed by atoms with Crippen molar-refractivity contribution in [2.24, 2.45) is 0 Å². The summed E-state index contributed by atoms with van der Waals surface area (Å²) in [5, 5.41) is 0.262. The lowest BCUT2D eigenvalue weighted by Crippen LogP contribution is -2.26. The van der Waals surface area contributed by atoms with E-state index in [9.17, 15) is 9.18 Å². The summed E-state index contributed by atoms with van der Waals surface area (Å²) in [6.45, 7) is 3.58. The van der Waals surface area contributed by atoms with Gasteiger partial charge in [0.15, 0.2) is 5.78 Å². The average Bonchev–Trinajstić information content (AvgIpc) is 2.21. The fourth-order valence-corrected chi connectivity index (χ4v) is 1.49. The van der Waals surface area contributed by atoms with Crippen LogP contribution >= 0.6 is 11.6 Å². The monoisotopic (exact) mass is 244 g/mol. The molecule has 0 spiro atoms. The minimum Gasteiger partial charge on any atom is -0.378 e. The van der Waals surface area contributed by atoms with Gasteiger partial charge in [0.1, 0.15) is 5.82 Å². The fraction of sp³-hybridized carbons (Fsp3) is 0.417. The van der Waals surface area contributed by atoms with Crippen LogP contribution in [0.25, 0.3) is 0 Å². The maximum Gasteiger partial charge on any atom is 0.167 e. The number of hydrogen-bond acceptors (Lipinski definition) is 2. The molecule has 2 nitrogen and oxygen atoms in total. The molecule has 0 amide bonds. The van der Waals surface area contributed by atoms with Crippen LogP contribution in [0.4, 0.5) is 4.39 Å². The van der Waals surface area contributed by atoms with Gasteiger partial charge in [-0.2, -0.15) is 0 Å². The summed E-state index contributed by atoms with van der Waals surface area (Å²) in [4.78, 5) is 11.9. The van der Waals surface area contributed by atoms with Crippen molar-refractivity contribution >= 4 is 17.4 Å². The normalized spacial score (nSPS) is 11.6. The van der Waals surface area contributed by atoms with Crippen LogP contribution in [-0.4, -0.2) is 18.5 Å². The molecule has 0 aromatic heterocycles. The molecule has 1 aromatic carbocycles. The summed E-state index contributed by atoms with van der Waals surface area (Å²) in [7, 11) is 1.53. The maximum atomic E-state index is 13.0. The third-order valence-electron chi connectivity index (χ3n) is 2.37. The van der Waals surface area contributed by atoms with E-state index in [0.29, 0.717) is 0 Å². The van der Waals surface area contributed by atoms with Gasteiger partial charge in [-0.05, 0) is 32.0 Å². The van der Waals surface area contributed by atoms with Crippen molar-refractivity contribution in [1.29, 1.82) is 0 Å². The zero-order valence-electron chi connectivity index (χ0n) is 9.51. The second kappa shape index (κ2) is 4.93. The zero-order chi connectivity index (χ0) is 12.3. The second-order valence-corrected chi connectivity index (χ2v) is 4.60. The lowest BCUT2D eigenvalue weighted by molar-refractivity contribution is 0.0172. The van der Waals surface area contributed by atoms with Gasteiger partial charge in [-0.25, -0.2) is 4.39 Å². The van der Waals surface area contributed by atoms with Crippen LogP contribution < -0.4 is 0 Å². The molecule has 1 rings (SSSR count). The Labute approximate surface area is 99.4 Å². The van der Waals surface area contributed by atoms with Gasteiger partial charge < -0.3 is 4.74 Å². The maximum absolute atomic E-state index is 13.0. The van der Waals surface area contributed by atoms with E-state index in [1.54, 1.807) is 13.8 Å². The van der Waals surface area contributed by atoms with Gasteiger partial charge in [-0.1, -0.05) is 11.6 Å². The number of hydrogen-bond donors (Lipinski definition) is 0. The first-order chi connectivity index (χ1) is 7.35. The van der Waals surface area contributed by atoms with Gasteiger partial charge in [-0.15, -0.1) is 0 Å². The van der Waals surface area contributed by atoms with E-state index in [2.05, 4.69) is 0 Å². The van der Waals surface area contributed by atoms with E-state index in [-0.39, 0.29) is 22.8 Å². The molecule has 0 unspecified atom stereocenters. The Morgan fingerprint density at radius 2 is 2.12 bits per heavy atom. The molecule has 0 saturated heterocycles. The Morgan fingerprint density at radius 1 is 1.50 bits per heavy atom. The summed E-state index contributed by atoms with van der Waals surface area (Å²) < 4.78 is 18.1. The molecular formula is C12H14ClFO2.